The third-order valence-corrected chi connectivity index (χ3v) is 3.36. The minimum absolute atomic E-state index is 0.126. The quantitative estimate of drug-likeness (QED) is 0.706. The summed E-state index contributed by atoms with van der Waals surface area (Å²) in [6.45, 7) is 0.500. The zero-order valence-corrected chi connectivity index (χ0v) is 9.22. The maximum Gasteiger partial charge on any atom is 0.226 e. The van der Waals surface area contributed by atoms with Crippen LogP contribution < -0.4 is 0 Å². The number of aliphatic hydroxyl groups excluding tert-OH is 1. The molecule has 0 aromatic rings. The Balaban J connectivity index is 1.78. The maximum absolute atomic E-state index is 11.9. The summed E-state index contributed by atoms with van der Waals surface area (Å²) < 4.78 is 0. The number of allylic oxidation sites excluding steroid dienone is 2. The van der Waals surface area contributed by atoms with E-state index in [9.17, 15) is 9.90 Å². The Hall–Kier alpha value is -0.830. The number of rotatable bonds is 4. The SMILES string of the molecule is CN(CC(O)C1CC1)C(=O)C1CC=CC1. The van der Waals surface area contributed by atoms with Gasteiger partial charge in [0.15, 0.2) is 0 Å². The number of likely N-dealkylation sites (N-methyl/N-ethyl adjacent to an activating group) is 1. The molecule has 0 aromatic carbocycles. The summed E-state index contributed by atoms with van der Waals surface area (Å²) in [7, 11) is 1.80. The minimum atomic E-state index is -0.312. The van der Waals surface area contributed by atoms with Crippen LogP contribution in [0.1, 0.15) is 25.7 Å². The highest BCUT2D eigenvalue weighted by atomic mass is 16.3. The highest BCUT2D eigenvalue weighted by Crippen LogP contribution is 2.33. The summed E-state index contributed by atoms with van der Waals surface area (Å²) in [4.78, 5) is 13.6. The molecule has 1 saturated carbocycles. The molecule has 2 aliphatic carbocycles. The first-order valence-corrected chi connectivity index (χ1v) is 5.76. The molecule has 1 amide bonds. The lowest BCUT2D eigenvalue weighted by Gasteiger charge is -2.23. The van der Waals surface area contributed by atoms with Crippen molar-refractivity contribution in [2.45, 2.75) is 31.8 Å². The predicted octanol–water partition coefficient (Wildman–Crippen LogP) is 1.18. The highest BCUT2D eigenvalue weighted by Gasteiger charge is 2.32. The van der Waals surface area contributed by atoms with Crippen LogP contribution in [0.15, 0.2) is 12.2 Å². The molecule has 0 spiro atoms. The van der Waals surface area contributed by atoms with Gasteiger partial charge in [0.1, 0.15) is 0 Å². The normalized spacial score (nSPS) is 23.1. The van der Waals surface area contributed by atoms with Gasteiger partial charge in [-0.05, 0) is 31.6 Å². The second-order valence-corrected chi connectivity index (χ2v) is 4.76. The van der Waals surface area contributed by atoms with Crippen LogP contribution in [0.5, 0.6) is 0 Å². The van der Waals surface area contributed by atoms with Crippen LogP contribution in [0.2, 0.25) is 0 Å². The molecule has 1 N–H and O–H groups in total. The van der Waals surface area contributed by atoms with Gasteiger partial charge < -0.3 is 10.0 Å². The smallest absolute Gasteiger partial charge is 0.226 e. The molecular weight excluding hydrogens is 190 g/mol. The standard InChI is InChI=1S/C12H19NO2/c1-13(8-11(14)9-6-7-9)12(15)10-4-2-3-5-10/h2-3,9-11,14H,4-8H2,1H3. The monoisotopic (exact) mass is 209 g/mol. The van der Waals surface area contributed by atoms with Gasteiger partial charge in [-0.15, -0.1) is 0 Å². The van der Waals surface area contributed by atoms with Crippen molar-refractivity contribution in [1.29, 1.82) is 0 Å². The molecule has 3 heteroatoms. The van der Waals surface area contributed by atoms with E-state index >= 15 is 0 Å². The van der Waals surface area contributed by atoms with Crippen LogP contribution in [0.4, 0.5) is 0 Å². The summed E-state index contributed by atoms with van der Waals surface area (Å²) in [6, 6.07) is 0. The van der Waals surface area contributed by atoms with Gasteiger partial charge in [0.2, 0.25) is 5.91 Å². The van der Waals surface area contributed by atoms with E-state index in [4.69, 9.17) is 0 Å². The molecule has 0 saturated heterocycles. The Morgan fingerprint density at radius 3 is 2.60 bits per heavy atom. The van der Waals surface area contributed by atoms with Crippen LogP contribution in [0.25, 0.3) is 0 Å². The van der Waals surface area contributed by atoms with E-state index in [-0.39, 0.29) is 17.9 Å². The Bertz CT molecular complexity index is 263. The number of aliphatic hydroxyl groups is 1. The predicted molar refractivity (Wildman–Crippen MR) is 58.2 cm³/mol. The summed E-state index contributed by atoms with van der Waals surface area (Å²) in [5, 5.41) is 9.74. The number of hydrogen-bond donors (Lipinski definition) is 1. The molecule has 0 heterocycles. The van der Waals surface area contributed by atoms with Crippen LogP contribution in [-0.4, -0.2) is 35.6 Å². The Labute approximate surface area is 90.8 Å². The molecule has 2 rings (SSSR count). The van der Waals surface area contributed by atoms with Crippen molar-refractivity contribution >= 4 is 5.91 Å². The van der Waals surface area contributed by atoms with Gasteiger partial charge in [0.25, 0.3) is 0 Å². The van der Waals surface area contributed by atoms with Gasteiger partial charge in [-0.2, -0.15) is 0 Å². The average Bonchev–Trinajstić information content (AvgIpc) is 2.93. The topological polar surface area (TPSA) is 40.5 Å². The summed E-state index contributed by atoms with van der Waals surface area (Å²) in [5.74, 6) is 0.753. The Morgan fingerprint density at radius 2 is 2.07 bits per heavy atom. The molecule has 0 aliphatic heterocycles. The zero-order valence-electron chi connectivity index (χ0n) is 9.22. The van der Waals surface area contributed by atoms with Gasteiger partial charge in [-0.25, -0.2) is 0 Å². The molecule has 2 aliphatic rings. The first-order chi connectivity index (χ1) is 7.18. The maximum atomic E-state index is 11.9. The van der Waals surface area contributed by atoms with Crippen LogP contribution in [-0.2, 0) is 4.79 Å². The zero-order chi connectivity index (χ0) is 10.8. The molecule has 3 nitrogen and oxygen atoms in total. The minimum Gasteiger partial charge on any atom is -0.391 e. The molecule has 0 bridgehead atoms. The van der Waals surface area contributed by atoms with Crippen LogP contribution in [0.3, 0.4) is 0 Å². The number of carbonyl (C=O) groups is 1. The first kappa shape index (κ1) is 10.7. The van der Waals surface area contributed by atoms with E-state index in [2.05, 4.69) is 12.2 Å². The van der Waals surface area contributed by atoms with E-state index in [0.29, 0.717) is 12.5 Å². The molecular formula is C12H19NO2. The van der Waals surface area contributed by atoms with E-state index in [1.165, 1.54) is 0 Å². The third kappa shape index (κ3) is 2.59. The lowest BCUT2D eigenvalue weighted by molar-refractivity contribution is -0.135. The Kier molecular flexibility index (Phi) is 3.10. The summed E-state index contributed by atoms with van der Waals surface area (Å²) in [6.07, 6.45) is 7.78. The lowest BCUT2D eigenvalue weighted by atomic mass is 10.1. The summed E-state index contributed by atoms with van der Waals surface area (Å²) >= 11 is 0. The van der Waals surface area contributed by atoms with Crippen molar-refractivity contribution in [3.63, 3.8) is 0 Å². The molecule has 15 heavy (non-hydrogen) atoms. The van der Waals surface area contributed by atoms with Crippen molar-refractivity contribution in [2.75, 3.05) is 13.6 Å². The number of hydrogen-bond acceptors (Lipinski definition) is 2. The van der Waals surface area contributed by atoms with Gasteiger partial charge in [0.05, 0.1) is 6.10 Å². The largest absolute Gasteiger partial charge is 0.391 e. The molecule has 1 fully saturated rings. The van der Waals surface area contributed by atoms with E-state index < -0.39 is 0 Å². The van der Waals surface area contributed by atoms with Crippen molar-refractivity contribution in [2.24, 2.45) is 11.8 Å². The second-order valence-electron chi connectivity index (χ2n) is 4.76. The first-order valence-electron chi connectivity index (χ1n) is 5.76. The van der Waals surface area contributed by atoms with Gasteiger partial charge in [-0.3, -0.25) is 4.79 Å². The lowest BCUT2D eigenvalue weighted by Crippen LogP contribution is -2.38. The molecule has 84 valence electrons. The average molecular weight is 209 g/mol. The number of amides is 1. The molecule has 0 aromatic heterocycles. The van der Waals surface area contributed by atoms with E-state index in [1.54, 1.807) is 11.9 Å². The highest BCUT2D eigenvalue weighted by molar-refractivity contribution is 5.79. The van der Waals surface area contributed by atoms with Crippen LogP contribution >= 0.6 is 0 Å². The van der Waals surface area contributed by atoms with Crippen molar-refractivity contribution < 1.29 is 9.90 Å². The fourth-order valence-corrected chi connectivity index (χ4v) is 2.13. The van der Waals surface area contributed by atoms with E-state index in [1.807, 2.05) is 0 Å². The number of nitrogens with zero attached hydrogens (tertiary/aromatic N) is 1. The van der Waals surface area contributed by atoms with Gasteiger partial charge in [-0.1, -0.05) is 12.2 Å². The molecule has 1 atom stereocenters. The molecule has 0 radical (unpaired) electrons. The number of carbonyl (C=O) groups excluding carboxylic acids is 1. The second kappa shape index (κ2) is 4.35. The molecule has 1 unspecified atom stereocenters. The Morgan fingerprint density at radius 1 is 1.47 bits per heavy atom. The van der Waals surface area contributed by atoms with Crippen molar-refractivity contribution in [3.05, 3.63) is 12.2 Å². The van der Waals surface area contributed by atoms with Gasteiger partial charge in [0, 0.05) is 19.5 Å². The summed E-state index contributed by atoms with van der Waals surface area (Å²) in [5.41, 5.74) is 0. The van der Waals surface area contributed by atoms with E-state index in [0.717, 1.165) is 25.7 Å². The fourth-order valence-electron chi connectivity index (χ4n) is 2.13. The van der Waals surface area contributed by atoms with Crippen LogP contribution in [0, 0.1) is 11.8 Å². The van der Waals surface area contributed by atoms with Crippen molar-refractivity contribution in [1.82, 2.24) is 4.90 Å². The van der Waals surface area contributed by atoms with Gasteiger partial charge >= 0.3 is 0 Å². The third-order valence-electron chi connectivity index (χ3n) is 3.36. The fraction of sp³-hybridized carbons (Fsp3) is 0.750. The van der Waals surface area contributed by atoms with Crippen molar-refractivity contribution in [3.8, 4) is 0 Å².